The van der Waals surface area contributed by atoms with Gasteiger partial charge in [0.25, 0.3) is 0 Å². The van der Waals surface area contributed by atoms with E-state index in [0.29, 0.717) is 18.4 Å². The molecule has 0 aromatic carbocycles. The smallest absolute Gasteiger partial charge is 0.126 e. The third-order valence-corrected chi connectivity index (χ3v) is 5.12. The number of hydrogen-bond donors (Lipinski definition) is 0. The Kier molecular flexibility index (Phi) is 5.68. The molecule has 2 aliphatic carbocycles. The molecule has 0 amide bonds. The molecule has 3 unspecified atom stereocenters. The fourth-order valence-electron chi connectivity index (χ4n) is 3.81. The highest BCUT2D eigenvalue weighted by atomic mass is 19.1. The quantitative estimate of drug-likeness (QED) is 0.699. The van der Waals surface area contributed by atoms with Gasteiger partial charge in [-0.15, -0.1) is 0 Å². The number of hydrogen-bond acceptors (Lipinski definition) is 1. The van der Waals surface area contributed by atoms with Gasteiger partial charge in [0.2, 0.25) is 0 Å². The van der Waals surface area contributed by atoms with Crippen LogP contribution in [0.2, 0.25) is 0 Å². The standard InChI is InChI=1S/C17H31FO/c1-12(2)11-19-17-9-8-15(10-16(17)18)14-6-4-13(3)5-7-14/h12-17H,4-11H2,1-3H3. The van der Waals surface area contributed by atoms with E-state index in [1.54, 1.807) is 0 Å². The third kappa shape index (κ3) is 4.44. The topological polar surface area (TPSA) is 9.23 Å². The predicted molar refractivity (Wildman–Crippen MR) is 77.9 cm³/mol. The molecule has 112 valence electrons. The zero-order valence-corrected chi connectivity index (χ0v) is 12.9. The summed E-state index contributed by atoms with van der Waals surface area (Å²) in [5.74, 6) is 2.81. The number of rotatable bonds is 4. The fraction of sp³-hybridized carbons (Fsp3) is 1.00. The highest BCUT2D eigenvalue weighted by Gasteiger charge is 2.35. The van der Waals surface area contributed by atoms with E-state index in [9.17, 15) is 4.39 Å². The minimum absolute atomic E-state index is 0.124. The third-order valence-electron chi connectivity index (χ3n) is 5.12. The monoisotopic (exact) mass is 270 g/mol. The molecule has 2 saturated carbocycles. The summed E-state index contributed by atoms with van der Waals surface area (Å²) in [5, 5.41) is 0. The average Bonchev–Trinajstić information content (AvgIpc) is 2.38. The maximum atomic E-state index is 14.3. The van der Waals surface area contributed by atoms with Crippen LogP contribution in [0.3, 0.4) is 0 Å². The van der Waals surface area contributed by atoms with Crippen LogP contribution in [0.25, 0.3) is 0 Å². The maximum Gasteiger partial charge on any atom is 0.126 e. The second-order valence-corrected chi connectivity index (χ2v) is 7.37. The number of halogens is 1. The summed E-state index contributed by atoms with van der Waals surface area (Å²) in [4.78, 5) is 0. The summed E-state index contributed by atoms with van der Waals surface area (Å²) < 4.78 is 20.0. The lowest BCUT2D eigenvalue weighted by Crippen LogP contribution is -2.37. The van der Waals surface area contributed by atoms with Gasteiger partial charge >= 0.3 is 0 Å². The van der Waals surface area contributed by atoms with Crippen molar-refractivity contribution in [1.29, 1.82) is 0 Å². The normalized spacial score (nSPS) is 40.6. The van der Waals surface area contributed by atoms with Crippen LogP contribution < -0.4 is 0 Å². The van der Waals surface area contributed by atoms with Crippen molar-refractivity contribution in [3.05, 3.63) is 0 Å². The molecule has 0 N–H and O–H groups in total. The molecule has 0 spiro atoms. The lowest BCUT2D eigenvalue weighted by Gasteiger charge is -2.38. The molecule has 0 aromatic rings. The molecule has 2 rings (SSSR count). The molecular formula is C17H31FO. The van der Waals surface area contributed by atoms with Crippen molar-refractivity contribution < 1.29 is 9.13 Å². The Bertz CT molecular complexity index is 258. The number of ether oxygens (including phenoxy) is 1. The predicted octanol–water partition coefficient (Wildman–Crippen LogP) is 4.99. The van der Waals surface area contributed by atoms with E-state index < -0.39 is 6.17 Å². The summed E-state index contributed by atoms with van der Waals surface area (Å²) in [6.07, 6.45) is 7.38. The second-order valence-electron chi connectivity index (χ2n) is 7.37. The van der Waals surface area contributed by atoms with Gasteiger partial charge in [-0.3, -0.25) is 0 Å². The van der Waals surface area contributed by atoms with Crippen LogP contribution in [0.5, 0.6) is 0 Å². The Morgan fingerprint density at radius 3 is 2.21 bits per heavy atom. The molecule has 1 nitrogen and oxygen atoms in total. The number of alkyl halides is 1. The molecule has 0 bridgehead atoms. The van der Waals surface area contributed by atoms with Crippen LogP contribution in [0.15, 0.2) is 0 Å². The molecule has 0 heterocycles. The Labute approximate surface area is 118 Å². The summed E-state index contributed by atoms with van der Waals surface area (Å²) in [6, 6.07) is 0. The van der Waals surface area contributed by atoms with E-state index in [1.165, 1.54) is 32.1 Å². The van der Waals surface area contributed by atoms with E-state index in [-0.39, 0.29) is 6.10 Å². The fourth-order valence-corrected chi connectivity index (χ4v) is 3.81. The lowest BCUT2D eigenvalue weighted by atomic mass is 9.70. The van der Waals surface area contributed by atoms with Gasteiger partial charge in [-0.1, -0.05) is 33.6 Å². The van der Waals surface area contributed by atoms with Crippen molar-refractivity contribution in [1.82, 2.24) is 0 Å². The Hall–Kier alpha value is -0.110. The largest absolute Gasteiger partial charge is 0.375 e. The van der Waals surface area contributed by atoms with Crippen molar-refractivity contribution in [3.8, 4) is 0 Å². The Morgan fingerprint density at radius 2 is 1.63 bits per heavy atom. The van der Waals surface area contributed by atoms with E-state index in [0.717, 1.165) is 24.7 Å². The van der Waals surface area contributed by atoms with Crippen LogP contribution >= 0.6 is 0 Å². The van der Waals surface area contributed by atoms with E-state index in [2.05, 4.69) is 20.8 Å². The Morgan fingerprint density at radius 1 is 1.00 bits per heavy atom. The molecule has 2 aliphatic rings. The first-order chi connectivity index (χ1) is 9.06. The first kappa shape index (κ1) is 15.3. The van der Waals surface area contributed by atoms with E-state index in [1.807, 2.05) is 0 Å². The molecule has 0 aliphatic heterocycles. The molecule has 0 saturated heterocycles. The molecule has 19 heavy (non-hydrogen) atoms. The van der Waals surface area contributed by atoms with E-state index >= 15 is 0 Å². The van der Waals surface area contributed by atoms with Gasteiger partial charge in [-0.05, 0) is 55.8 Å². The van der Waals surface area contributed by atoms with Gasteiger partial charge in [0.1, 0.15) is 6.17 Å². The van der Waals surface area contributed by atoms with Crippen molar-refractivity contribution in [2.75, 3.05) is 6.61 Å². The van der Waals surface area contributed by atoms with Crippen LogP contribution in [0.4, 0.5) is 4.39 Å². The molecule has 3 atom stereocenters. The first-order valence-corrected chi connectivity index (χ1v) is 8.32. The highest BCUT2D eigenvalue weighted by Crippen LogP contribution is 2.41. The molecule has 2 fully saturated rings. The van der Waals surface area contributed by atoms with Crippen molar-refractivity contribution in [2.45, 2.75) is 78.0 Å². The Balaban J connectivity index is 1.76. The van der Waals surface area contributed by atoms with Crippen molar-refractivity contribution in [2.24, 2.45) is 23.7 Å². The van der Waals surface area contributed by atoms with Gasteiger partial charge in [0, 0.05) is 6.61 Å². The molecule has 0 radical (unpaired) electrons. The minimum atomic E-state index is -0.725. The average molecular weight is 270 g/mol. The van der Waals surface area contributed by atoms with Crippen LogP contribution in [0, 0.1) is 23.7 Å². The summed E-state index contributed by atoms with van der Waals surface area (Å²) in [6.45, 7) is 7.31. The second kappa shape index (κ2) is 7.06. The minimum Gasteiger partial charge on any atom is -0.375 e. The first-order valence-electron chi connectivity index (χ1n) is 8.32. The van der Waals surface area contributed by atoms with Crippen LogP contribution in [0.1, 0.15) is 65.7 Å². The molecule has 0 aromatic heterocycles. The van der Waals surface area contributed by atoms with Gasteiger partial charge in [0.15, 0.2) is 0 Å². The molecular weight excluding hydrogens is 239 g/mol. The van der Waals surface area contributed by atoms with Gasteiger partial charge in [0.05, 0.1) is 6.10 Å². The van der Waals surface area contributed by atoms with Crippen molar-refractivity contribution in [3.63, 3.8) is 0 Å². The lowest BCUT2D eigenvalue weighted by molar-refractivity contribution is -0.0539. The highest BCUT2D eigenvalue weighted by molar-refractivity contribution is 4.86. The van der Waals surface area contributed by atoms with Gasteiger partial charge in [-0.2, -0.15) is 0 Å². The molecule has 2 heteroatoms. The van der Waals surface area contributed by atoms with Gasteiger partial charge in [-0.25, -0.2) is 4.39 Å². The SMILES string of the molecule is CC(C)COC1CCC(C2CCC(C)CC2)CC1F. The van der Waals surface area contributed by atoms with E-state index in [4.69, 9.17) is 4.74 Å². The van der Waals surface area contributed by atoms with Gasteiger partial charge < -0.3 is 4.74 Å². The zero-order chi connectivity index (χ0) is 13.8. The summed E-state index contributed by atoms with van der Waals surface area (Å²) >= 11 is 0. The van der Waals surface area contributed by atoms with Crippen LogP contribution in [-0.4, -0.2) is 18.9 Å². The van der Waals surface area contributed by atoms with Crippen molar-refractivity contribution >= 4 is 0 Å². The van der Waals surface area contributed by atoms with Crippen LogP contribution in [-0.2, 0) is 4.74 Å². The summed E-state index contributed by atoms with van der Waals surface area (Å²) in [5.41, 5.74) is 0. The summed E-state index contributed by atoms with van der Waals surface area (Å²) in [7, 11) is 0. The maximum absolute atomic E-state index is 14.3. The zero-order valence-electron chi connectivity index (χ0n) is 12.9.